The first kappa shape index (κ1) is 30.2. The highest BCUT2D eigenvalue weighted by molar-refractivity contribution is 5.92. The highest BCUT2D eigenvalue weighted by Crippen LogP contribution is 2.40. The van der Waals surface area contributed by atoms with Crippen molar-refractivity contribution < 1.29 is 41.5 Å². The number of halogens is 3. The van der Waals surface area contributed by atoms with Crippen molar-refractivity contribution in [1.82, 2.24) is 0 Å². The number of carbonyl (C=O) groups is 1. The molecule has 0 aliphatic carbocycles. The Morgan fingerprint density at radius 1 is 0.907 bits per heavy atom. The van der Waals surface area contributed by atoms with Gasteiger partial charge < -0.3 is 23.5 Å². The molecule has 2 heterocycles. The third-order valence-electron chi connectivity index (χ3n) is 7.80. The van der Waals surface area contributed by atoms with Crippen molar-refractivity contribution in [2.75, 3.05) is 20.2 Å². The number of benzene rings is 3. The summed E-state index contributed by atoms with van der Waals surface area (Å²) in [6, 6.07) is 13.8. The van der Waals surface area contributed by atoms with Crippen LogP contribution in [0.5, 0.6) is 23.0 Å². The second kappa shape index (κ2) is 12.5. The molecule has 10 heteroatoms. The molecule has 7 nitrogen and oxygen atoms in total. The fraction of sp³-hybridized carbons (Fsp3) is 0.333. The Hall–Kier alpha value is -4.31. The first-order valence-electron chi connectivity index (χ1n) is 14.2. The molecule has 1 aromatic heterocycles. The molecule has 1 aliphatic heterocycles. The van der Waals surface area contributed by atoms with Gasteiger partial charge in [0, 0.05) is 0 Å². The first-order valence-corrected chi connectivity index (χ1v) is 14.2. The molecule has 5 rings (SSSR count). The van der Waals surface area contributed by atoms with Gasteiger partial charge in [-0.3, -0.25) is 4.79 Å². The molecule has 1 aliphatic rings. The maximum Gasteiger partial charge on any atom is 0.453 e. The van der Waals surface area contributed by atoms with Gasteiger partial charge in [0.05, 0.1) is 36.7 Å². The zero-order valence-electron chi connectivity index (χ0n) is 24.2. The topological polar surface area (TPSA) is 79.4 Å². The largest absolute Gasteiger partial charge is 0.497 e. The highest BCUT2D eigenvalue weighted by atomic mass is 19.4. The normalized spacial score (nSPS) is 14.4. The fourth-order valence-corrected chi connectivity index (χ4v) is 5.26. The Balaban J connectivity index is 1.64. The van der Waals surface area contributed by atoms with Gasteiger partial charge in [0.2, 0.25) is 11.2 Å². The maximum absolute atomic E-state index is 14.4. The van der Waals surface area contributed by atoms with E-state index in [-0.39, 0.29) is 40.1 Å². The number of esters is 1. The third kappa shape index (κ3) is 6.69. The number of ether oxygens (including phenoxy) is 3. The lowest BCUT2D eigenvalue weighted by Crippen LogP contribution is -3.10. The number of hydrogen-bond donors (Lipinski definition) is 1. The minimum absolute atomic E-state index is 0.0316. The van der Waals surface area contributed by atoms with E-state index >= 15 is 0 Å². The number of quaternary nitrogens is 1. The number of carbonyl (C=O) groups excluding carboxylic acids is 1. The van der Waals surface area contributed by atoms with Crippen molar-refractivity contribution in [3.63, 3.8) is 0 Å². The van der Waals surface area contributed by atoms with Gasteiger partial charge in [0.25, 0.3) is 5.76 Å². The average molecular weight is 597 g/mol. The molecule has 0 bridgehead atoms. The molecule has 0 unspecified atom stereocenters. The van der Waals surface area contributed by atoms with E-state index in [1.165, 1.54) is 37.4 Å². The summed E-state index contributed by atoms with van der Waals surface area (Å²) < 4.78 is 65.3. The Kier molecular flexibility index (Phi) is 8.77. The van der Waals surface area contributed by atoms with Crippen LogP contribution in [-0.4, -0.2) is 26.2 Å². The summed E-state index contributed by atoms with van der Waals surface area (Å²) in [5.41, 5.74) is 0.919. The fourth-order valence-electron chi connectivity index (χ4n) is 5.26. The minimum Gasteiger partial charge on any atom is -0.497 e. The van der Waals surface area contributed by atoms with E-state index in [0.717, 1.165) is 54.8 Å². The van der Waals surface area contributed by atoms with Gasteiger partial charge in [0.15, 0.2) is 5.58 Å². The number of likely N-dealkylation sites (tertiary alicyclic amines) is 1. The van der Waals surface area contributed by atoms with E-state index in [1.54, 1.807) is 31.2 Å². The summed E-state index contributed by atoms with van der Waals surface area (Å²) in [6.45, 7) is 5.43. The van der Waals surface area contributed by atoms with E-state index < -0.39 is 29.1 Å². The van der Waals surface area contributed by atoms with Crippen LogP contribution in [0.3, 0.4) is 0 Å². The summed E-state index contributed by atoms with van der Waals surface area (Å²) in [7, 11) is 1.50. The van der Waals surface area contributed by atoms with Crippen LogP contribution in [0.1, 0.15) is 58.5 Å². The van der Waals surface area contributed by atoms with Gasteiger partial charge in [-0.15, -0.1) is 0 Å². The van der Waals surface area contributed by atoms with Gasteiger partial charge in [-0.05, 0) is 99.2 Å². The Morgan fingerprint density at radius 3 is 2.21 bits per heavy atom. The number of alkyl halides is 3. The van der Waals surface area contributed by atoms with Gasteiger partial charge in [-0.2, -0.15) is 13.2 Å². The van der Waals surface area contributed by atoms with Crippen LogP contribution in [0.4, 0.5) is 13.2 Å². The molecule has 4 aromatic rings. The van der Waals surface area contributed by atoms with Crippen LogP contribution in [0, 0.1) is 13.8 Å². The van der Waals surface area contributed by atoms with Crippen LogP contribution in [0.25, 0.3) is 11.0 Å². The van der Waals surface area contributed by atoms with Crippen molar-refractivity contribution >= 4 is 16.9 Å². The van der Waals surface area contributed by atoms with E-state index in [4.69, 9.17) is 18.6 Å². The summed E-state index contributed by atoms with van der Waals surface area (Å²) in [5, 5.41) is -0.0969. The molecule has 43 heavy (non-hydrogen) atoms. The Labute approximate surface area is 246 Å². The molecule has 0 radical (unpaired) electrons. The molecule has 1 fully saturated rings. The number of fused-ring (bicyclic) bond motifs is 1. The summed E-state index contributed by atoms with van der Waals surface area (Å²) in [6.07, 6.45) is -1.01. The molecule has 1 saturated heterocycles. The molecule has 226 valence electrons. The van der Waals surface area contributed by atoms with Crippen molar-refractivity contribution in [3.8, 4) is 23.0 Å². The van der Waals surface area contributed by atoms with Crippen LogP contribution in [0.2, 0.25) is 0 Å². The standard InChI is InChI=1S/C33H32F3NO6/c1-20-8-11-24(18-21(20)2)41-30-28(38)25-14-15-27(42-32(39)22-9-12-23(40-3)13-10-22)26(19-37-16-6-4-5-7-17-37)29(25)43-31(30)33(34,35)36/h8-15,18H,4-7,16-17,19H2,1-3H3/p+1. The van der Waals surface area contributed by atoms with E-state index in [2.05, 4.69) is 0 Å². The number of hydrogen-bond acceptors (Lipinski definition) is 6. The summed E-state index contributed by atoms with van der Waals surface area (Å²) in [5.74, 6) is -2.54. The van der Waals surface area contributed by atoms with Crippen molar-refractivity contribution in [1.29, 1.82) is 0 Å². The lowest BCUT2D eigenvalue weighted by Gasteiger charge is -2.20. The van der Waals surface area contributed by atoms with Crippen LogP contribution in [-0.2, 0) is 12.7 Å². The minimum atomic E-state index is -5.04. The molecule has 3 aromatic carbocycles. The average Bonchev–Trinajstić information content (AvgIpc) is 3.25. The Morgan fingerprint density at radius 2 is 1.58 bits per heavy atom. The van der Waals surface area contributed by atoms with Gasteiger partial charge >= 0.3 is 12.1 Å². The predicted molar refractivity (Wildman–Crippen MR) is 154 cm³/mol. The zero-order chi connectivity index (χ0) is 30.7. The smallest absolute Gasteiger partial charge is 0.453 e. The number of nitrogens with one attached hydrogen (secondary N) is 1. The van der Waals surface area contributed by atoms with Gasteiger partial charge in [-0.25, -0.2) is 4.79 Å². The molecule has 0 saturated carbocycles. The zero-order valence-corrected chi connectivity index (χ0v) is 24.2. The number of aryl methyl sites for hydroxylation is 2. The van der Waals surface area contributed by atoms with Crippen molar-refractivity contribution in [2.45, 2.75) is 52.3 Å². The number of methoxy groups -OCH3 is 1. The molecule has 1 N–H and O–H groups in total. The number of rotatable bonds is 7. The summed E-state index contributed by atoms with van der Waals surface area (Å²) in [4.78, 5) is 27.8. The van der Waals surface area contributed by atoms with E-state index in [9.17, 15) is 22.8 Å². The quantitative estimate of drug-likeness (QED) is 0.196. The van der Waals surface area contributed by atoms with Crippen LogP contribution < -0.4 is 24.5 Å². The van der Waals surface area contributed by atoms with Crippen molar-refractivity contribution in [2.24, 2.45) is 0 Å². The molecular formula is C33H33F3NO6+. The summed E-state index contributed by atoms with van der Waals surface area (Å²) >= 11 is 0. The second-order valence-electron chi connectivity index (χ2n) is 10.8. The molecule has 0 atom stereocenters. The maximum atomic E-state index is 14.4. The Bertz CT molecular complexity index is 1690. The van der Waals surface area contributed by atoms with Crippen LogP contribution in [0.15, 0.2) is 63.8 Å². The second-order valence-corrected chi connectivity index (χ2v) is 10.8. The monoisotopic (exact) mass is 596 g/mol. The molecule has 0 spiro atoms. The van der Waals surface area contributed by atoms with Crippen molar-refractivity contribution in [3.05, 3.63) is 92.8 Å². The molecular weight excluding hydrogens is 563 g/mol. The lowest BCUT2D eigenvalue weighted by molar-refractivity contribution is -0.913. The SMILES string of the molecule is COc1ccc(C(=O)Oc2ccc3c(=O)c(Oc4ccc(C)c(C)c4)c(C(F)(F)F)oc3c2C[NH+]2CCCCCC2)cc1. The van der Waals surface area contributed by atoms with Crippen LogP contribution >= 0.6 is 0 Å². The van der Waals surface area contributed by atoms with Gasteiger partial charge in [-0.1, -0.05) is 6.07 Å². The van der Waals surface area contributed by atoms with E-state index in [0.29, 0.717) is 5.75 Å². The van der Waals surface area contributed by atoms with Gasteiger partial charge in [0.1, 0.15) is 23.8 Å². The lowest BCUT2D eigenvalue weighted by atomic mass is 10.1. The van der Waals surface area contributed by atoms with E-state index in [1.807, 2.05) is 6.92 Å². The predicted octanol–water partition coefficient (Wildman–Crippen LogP) is 6.41. The third-order valence-corrected chi connectivity index (χ3v) is 7.80. The first-order chi connectivity index (χ1) is 20.5. The highest BCUT2D eigenvalue weighted by Gasteiger charge is 2.41. The molecule has 0 amide bonds.